The van der Waals surface area contributed by atoms with Crippen molar-refractivity contribution >= 4 is 35.2 Å². The average Bonchev–Trinajstić information content (AvgIpc) is 3.33. The first kappa shape index (κ1) is 19.8. The van der Waals surface area contributed by atoms with Gasteiger partial charge in [-0.25, -0.2) is 5.10 Å². The molecule has 1 aromatic heterocycles. The Labute approximate surface area is 182 Å². The molecule has 0 bridgehead atoms. The van der Waals surface area contributed by atoms with Crippen LogP contribution >= 0.6 is 23.4 Å². The lowest BCUT2D eigenvalue weighted by atomic mass is 9.93. The summed E-state index contributed by atoms with van der Waals surface area (Å²) in [5, 5.41) is 17.9. The van der Waals surface area contributed by atoms with Crippen LogP contribution in [0.15, 0.2) is 24.3 Å². The molecule has 2 aromatic rings. The predicted molar refractivity (Wildman–Crippen MR) is 111 cm³/mol. The van der Waals surface area contributed by atoms with Crippen LogP contribution in [-0.4, -0.2) is 64.1 Å². The van der Waals surface area contributed by atoms with Gasteiger partial charge in [-0.05, 0) is 49.8 Å². The van der Waals surface area contributed by atoms with Gasteiger partial charge >= 0.3 is 0 Å². The van der Waals surface area contributed by atoms with Crippen LogP contribution in [0.3, 0.4) is 0 Å². The van der Waals surface area contributed by atoms with E-state index in [2.05, 4.69) is 39.8 Å². The van der Waals surface area contributed by atoms with Gasteiger partial charge in [-0.15, -0.1) is 16.9 Å². The number of thioether (sulfide) groups is 1. The normalized spacial score (nSPS) is 31.8. The molecule has 9 nitrogen and oxygen atoms in total. The molecule has 0 saturated carbocycles. The summed E-state index contributed by atoms with van der Waals surface area (Å²) in [5.74, 6) is 0.317. The third-order valence-electron chi connectivity index (χ3n) is 6.11. The Morgan fingerprint density at radius 2 is 1.87 bits per heavy atom. The molecule has 3 fully saturated rings. The van der Waals surface area contributed by atoms with Gasteiger partial charge in [0, 0.05) is 9.77 Å². The summed E-state index contributed by atoms with van der Waals surface area (Å²) in [6, 6.07) is 5.86. The fraction of sp³-hybridized carbons (Fsp3) is 0.526. The number of β-lactam (4-membered cyclic amide) rings is 1. The van der Waals surface area contributed by atoms with E-state index in [1.165, 1.54) is 0 Å². The highest BCUT2D eigenvalue weighted by molar-refractivity contribution is 8.01. The first-order chi connectivity index (χ1) is 14.1. The molecule has 0 aliphatic carbocycles. The van der Waals surface area contributed by atoms with Crippen LogP contribution < -0.4 is 5.32 Å². The number of nitrogens with zero attached hydrogens (tertiary/aromatic N) is 5. The van der Waals surface area contributed by atoms with Crippen molar-refractivity contribution in [3.63, 3.8) is 0 Å². The standard InChI is InChI=1S/C19H22ClN7O2S/c1-18(2)13(14-22-24-25-23-14)26-16(29)12(17(26)30-18)27-15(28)11(21-19(27,3)4)9-7-5-6-8-10(9)20/h5-8,11-13,17,21H,1-4H3,(H,22,23,24,25)/t11?,12?,13?,17-/m0/s1. The lowest BCUT2D eigenvalue weighted by molar-refractivity contribution is -0.165. The number of fused-ring (bicyclic) bond motifs is 1. The van der Waals surface area contributed by atoms with Crippen molar-refractivity contribution in [2.24, 2.45) is 0 Å². The zero-order valence-corrected chi connectivity index (χ0v) is 18.5. The highest BCUT2D eigenvalue weighted by atomic mass is 35.5. The molecule has 0 radical (unpaired) electrons. The number of aromatic nitrogens is 4. The molecule has 3 unspecified atom stereocenters. The van der Waals surface area contributed by atoms with Crippen molar-refractivity contribution in [3.8, 4) is 0 Å². The third-order valence-corrected chi connectivity index (χ3v) is 8.01. The van der Waals surface area contributed by atoms with Gasteiger partial charge in [0.15, 0.2) is 5.82 Å². The summed E-state index contributed by atoms with van der Waals surface area (Å²) in [6.45, 7) is 7.96. The monoisotopic (exact) mass is 447 g/mol. The Kier molecular flexibility index (Phi) is 4.23. The van der Waals surface area contributed by atoms with Gasteiger partial charge in [-0.3, -0.25) is 14.9 Å². The number of hydrogen-bond donors (Lipinski definition) is 2. The van der Waals surface area contributed by atoms with Crippen LogP contribution in [0.1, 0.15) is 51.2 Å². The molecule has 11 heteroatoms. The molecular weight excluding hydrogens is 426 g/mol. The maximum atomic E-state index is 13.5. The SMILES string of the molecule is CC1(C)S[C@H]2C(N3C(=O)C(c4ccccc4Cl)NC3(C)C)C(=O)N2C1c1nnn[nH]1. The number of aromatic amines is 1. The van der Waals surface area contributed by atoms with E-state index in [9.17, 15) is 9.59 Å². The van der Waals surface area contributed by atoms with Crippen LogP contribution in [0.5, 0.6) is 0 Å². The predicted octanol–water partition coefficient (Wildman–Crippen LogP) is 1.87. The van der Waals surface area contributed by atoms with Crippen molar-refractivity contribution in [2.45, 2.75) is 61.6 Å². The Balaban J connectivity index is 1.47. The zero-order valence-electron chi connectivity index (χ0n) is 17.0. The second kappa shape index (κ2) is 6.41. The molecule has 3 aliphatic heterocycles. The molecule has 2 amide bonds. The van der Waals surface area contributed by atoms with Crippen molar-refractivity contribution in [3.05, 3.63) is 40.7 Å². The summed E-state index contributed by atoms with van der Waals surface area (Å²) < 4.78 is -0.307. The zero-order chi connectivity index (χ0) is 21.4. The number of benzene rings is 1. The maximum absolute atomic E-state index is 13.5. The molecule has 158 valence electrons. The van der Waals surface area contributed by atoms with Gasteiger partial charge in [0.1, 0.15) is 23.5 Å². The lowest BCUT2D eigenvalue weighted by Gasteiger charge is -2.50. The molecule has 1 aromatic carbocycles. The van der Waals surface area contributed by atoms with E-state index >= 15 is 0 Å². The molecular formula is C19H22ClN7O2S. The summed E-state index contributed by atoms with van der Waals surface area (Å²) in [6.07, 6.45) is 0. The Bertz CT molecular complexity index is 1030. The number of tetrazole rings is 1. The lowest BCUT2D eigenvalue weighted by Crippen LogP contribution is -2.71. The number of nitrogens with one attached hydrogen (secondary N) is 2. The van der Waals surface area contributed by atoms with E-state index in [4.69, 9.17) is 11.6 Å². The van der Waals surface area contributed by atoms with Crippen LogP contribution in [0.25, 0.3) is 0 Å². The average molecular weight is 448 g/mol. The van der Waals surface area contributed by atoms with Gasteiger partial charge < -0.3 is 9.80 Å². The van der Waals surface area contributed by atoms with E-state index in [1.54, 1.807) is 27.6 Å². The Hall–Kier alpha value is -2.17. The number of amides is 2. The van der Waals surface area contributed by atoms with E-state index in [1.807, 2.05) is 32.0 Å². The van der Waals surface area contributed by atoms with Gasteiger partial charge in [-0.2, -0.15) is 0 Å². The molecule has 4 heterocycles. The summed E-state index contributed by atoms with van der Waals surface area (Å²) in [7, 11) is 0. The van der Waals surface area contributed by atoms with Gasteiger partial charge in [-0.1, -0.05) is 29.8 Å². The minimum atomic E-state index is -0.704. The molecule has 3 saturated heterocycles. The number of carbonyl (C=O) groups excluding carboxylic acids is 2. The number of H-pyrrole nitrogens is 1. The topological polar surface area (TPSA) is 107 Å². The third kappa shape index (κ3) is 2.63. The number of carbonyl (C=O) groups is 2. The fourth-order valence-corrected chi connectivity index (χ4v) is 6.79. The van der Waals surface area contributed by atoms with Crippen molar-refractivity contribution in [1.82, 2.24) is 35.7 Å². The van der Waals surface area contributed by atoms with Crippen LogP contribution in [0.4, 0.5) is 0 Å². The highest BCUT2D eigenvalue weighted by Gasteiger charge is 2.67. The number of rotatable bonds is 3. The van der Waals surface area contributed by atoms with Crippen LogP contribution in [-0.2, 0) is 9.59 Å². The summed E-state index contributed by atoms with van der Waals surface area (Å²) in [4.78, 5) is 30.3. The number of halogens is 1. The summed E-state index contributed by atoms with van der Waals surface area (Å²) >= 11 is 8.02. The van der Waals surface area contributed by atoms with E-state index in [-0.39, 0.29) is 28.0 Å². The largest absolute Gasteiger partial charge is 0.314 e. The quantitative estimate of drug-likeness (QED) is 0.691. The van der Waals surface area contributed by atoms with E-state index in [0.717, 1.165) is 0 Å². The maximum Gasteiger partial charge on any atom is 0.250 e. The smallest absolute Gasteiger partial charge is 0.250 e. The van der Waals surface area contributed by atoms with E-state index < -0.39 is 17.7 Å². The van der Waals surface area contributed by atoms with Crippen LogP contribution in [0, 0.1) is 0 Å². The van der Waals surface area contributed by atoms with Crippen molar-refractivity contribution in [1.29, 1.82) is 0 Å². The fourth-order valence-electron chi connectivity index (χ4n) is 4.86. The first-order valence-electron chi connectivity index (χ1n) is 9.72. The molecule has 2 N–H and O–H groups in total. The van der Waals surface area contributed by atoms with Gasteiger partial charge in [0.25, 0.3) is 0 Å². The Morgan fingerprint density at radius 3 is 2.53 bits per heavy atom. The van der Waals surface area contributed by atoms with Gasteiger partial charge in [0.05, 0.1) is 5.66 Å². The van der Waals surface area contributed by atoms with Crippen molar-refractivity contribution in [2.75, 3.05) is 0 Å². The number of hydrogen-bond acceptors (Lipinski definition) is 7. The van der Waals surface area contributed by atoms with E-state index in [0.29, 0.717) is 16.4 Å². The molecule has 3 aliphatic rings. The van der Waals surface area contributed by atoms with Gasteiger partial charge in [0.2, 0.25) is 11.8 Å². The molecule has 4 atom stereocenters. The van der Waals surface area contributed by atoms with Crippen LogP contribution in [0.2, 0.25) is 5.02 Å². The minimum absolute atomic E-state index is 0.0949. The molecule has 30 heavy (non-hydrogen) atoms. The summed E-state index contributed by atoms with van der Waals surface area (Å²) in [5.41, 5.74) is 0.0117. The molecule has 0 spiro atoms. The molecule has 5 rings (SSSR count). The second-order valence-corrected chi connectivity index (χ2v) is 11.0. The second-order valence-electron chi connectivity index (χ2n) is 8.86. The first-order valence-corrected chi connectivity index (χ1v) is 11.0. The minimum Gasteiger partial charge on any atom is -0.314 e. The van der Waals surface area contributed by atoms with Crippen molar-refractivity contribution < 1.29 is 9.59 Å². The highest BCUT2D eigenvalue weighted by Crippen LogP contribution is 2.58. The Morgan fingerprint density at radius 1 is 1.13 bits per heavy atom.